The van der Waals surface area contributed by atoms with Gasteiger partial charge >= 0.3 is 0 Å². The predicted molar refractivity (Wildman–Crippen MR) is 117 cm³/mol. The zero-order valence-corrected chi connectivity index (χ0v) is 16.5. The maximum absolute atomic E-state index is 12.8. The summed E-state index contributed by atoms with van der Waals surface area (Å²) in [5.41, 5.74) is 5.20. The van der Waals surface area contributed by atoms with Crippen molar-refractivity contribution in [1.82, 2.24) is 15.5 Å². The maximum atomic E-state index is 12.8. The van der Waals surface area contributed by atoms with Crippen molar-refractivity contribution in [3.05, 3.63) is 101 Å². The highest BCUT2D eigenvalue weighted by Gasteiger charge is 2.14. The van der Waals surface area contributed by atoms with Crippen LogP contribution < -0.4 is 5.32 Å². The number of rotatable bonds is 6. The molecular weight excluding hydrogens is 382 g/mol. The summed E-state index contributed by atoms with van der Waals surface area (Å²) in [4.78, 5) is 12.8. The van der Waals surface area contributed by atoms with Gasteiger partial charge in [0.05, 0.1) is 11.4 Å². The van der Waals surface area contributed by atoms with Gasteiger partial charge < -0.3 is 5.32 Å². The molecule has 0 radical (unpaired) electrons. The second-order valence-corrected chi connectivity index (χ2v) is 7.15. The molecule has 0 unspecified atom stereocenters. The second kappa shape index (κ2) is 8.76. The van der Waals surface area contributed by atoms with Gasteiger partial charge in [-0.05, 0) is 36.2 Å². The van der Waals surface area contributed by atoms with Gasteiger partial charge in [0.2, 0.25) is 0 Å². The number of halogens is 1. The molecule has 0 aliphatic rings. The fourth-order valence-electron chi connectivity index (χ4n) is 3.24. The largest absolute Gasteiger partial charge is 0.352 e. The Balaban J connectivity index is 1.49. The van der Waals surface area contributed by atoms with Crippen molar-refractivity contribution in [2.45, 2.75) is 6.42 Å². The lowest BCUT2D eigenvalue weighted by molar-refractivity contribution is 0.0955. The topological polar surface area (TPSA) is 57.8 Å². The van der Waals surface area contributed by atoms with E-state index in [0.29, 0.717) is 17.1 Å². The van der Waals surface area contributed by atoms with E-state index in [2.05, 4.69) is 15.5 Å². The van der Waals surface area contributed by atoms with Crippen LogP contribution >= 0.6 is 11.6 Å². The van der Waals surface area contributed by atoms with Crippen LogP contribution in [0.2, 0.25) is 5.02 Å². The van der Waals surface area contributed by atoms with Crippen LogP contribution in [0.25, 0.3) is 22.5 Å². The number of nitrogens with zero attached hydrogens (tertiary/aromatic N) is 1. The third-order valence-electron chi connectivity index (χ3n) is 4.70. The van der Waals surface area contributed by atoms with Gasteiger partial charge in [-0.1, -0.05) is 72.3 Å². The number of aromatic amines is 1. The van der Waals surface area contributed by atoms with E-state index >= 15 is 0 Å². The molecule has 29 heavy (non-hydrogen) atoms. The molecule has 0 bridgehead atoms. The van der Waals surface area contributed by atoms with Crippen LogP contribution in [0.1, 0.15) is 15.9 Å². The van der Waals surface area contributed by atoms with Crippen molar-refractivity contribution < 1.29 is 4.79 Å². The Morgan fingerprint density at radius 2 is 1.72 bits per heavy atom. The molecule has 4 rings (SSSR count). The number of carbonyl (C=O) groups excluding carboxylic acids is 1. The van der Waals surface area contributed by atoms with Gasteiger partial charge in [-0.15, -0.1) is 0 Å². The van der Waals surface area contributed by atoms with Crippen LogP contribution in [0, 0.1) is 0 Å². The Bertz CT molecular complexity index is 1120. The molecule has 3 aromatic carbocycles. The van der Waals surface area contributed by atoms with E-state index in [4.69, 9.17) is 11.6 Å². The highest BCUT2D eigenvalue weighted by molar-refractivity contribution is 6.30. The number of nitrogens with one attached hydrogen (secondary N) is 2. The molecule has 144 valence electrons. The third kappa shape index (κ3) is 4.55. The van der Waals surface area contributed by atoms with Crippen molar-refractivity contribution in [3.8, 4) is 22.5 Å². The summed E-state index contributed by atoms with van der Waals surface area (Å²) < 4.78 is 0. The van der Waals surface area contributed by atoms with E-state index in [1.165, 1.54) is 0 Å². The normalized spacial score (nSPS) is 10.7. The molecule has 0 saturated heterocycles. The van der Waals surface area contributed by atoms with Crippen LogP contribution in [0.15, 0.2) is 84.9 Å². The lowest BCUT2D eigenvalue weighted by Crippen LogP contribution is -2.26. The fraction of sp³-hybridized carbons (Fsp3) is 0.0833. The van der Waals surface area contributed by atoms with E-state index in [-0.39, 0.29) is 5.91 Å². The summed E-state index contributed by atoms with van der Waals surface area (Å²) >= 11 is 6.02. The van der Waals surface area contributed by atoms with Gasteiger partial charge in [0.1, 0.15) is 0 Å². The van der Waals surface area contributed by atoms with E-state index in [1.807, 2.05) is 84.9 Å². The Kier molecular flexibility index (Phi) is 5.73. The van der Waals surface area contributed by atoms with Gasteiger partial charge in [-0.25, -0.2) is 0 Å². The minimum absolute atomic E-state index is 0.113. The van der Waals surface area contributed by atoms with Crippen molar-refractivity contribution in [2.75, 3.05) is 6.54 Å². The monoisotopic (exact) mass is 401 g/mol. The van der Waals surface area contributed by atoms with Crippen LogP contribution in [0.3, 0.4) is 0 Å². The first-order chi connectivity index (χ1) is 14.2. The molecule has 0 saturated carbocycles. The molecule has 0 atom stereocenters. The molecule has 4 nitrogen and oxygen atoms in total. The molecule has 2 N–H and O–H groups in total. The molecule has 0 aliphatic heterocycles. The number of aromatic nitrogens is 2. The smallest absolute Gasteiger partial charge is 0.251 e. The second-order valence-electron chi connectivity index (χ2n) is 6.71. The molecule has 1 amide bonds. The van der Waals surface area contributed by atoms with Gasteiger partial charge in [0.15, 0.2) is 0 Å². The van der Waals surface area contributed by atoms with Gasteiger partial charge in [0, 0.05) is 28.3 Å². The maximum Gasteiger partial charge on any atom is 0.251 e. The molecule has 0 spiro atoms. The zero-order chi connectivity index (χ0) is 20.1. The highest BCUT2D eigenvalue weighted by Crippen LogP contribution is 2.26. The summed E-state index contributed by atoms with van der Waals surface area (Å²) in [5, 5.41) is 11.2. The average molecular weight is 402 g/mol. The van der Waals surface area contributed by atoms with Crippen molar-refractivity contribution in [2.24, 2.45) is 0 Å². The summed E-state index contributed by atoms with van der Waals surface area (Å²) in [6.45, 7) is 0.533. The molecule has 1 heterocycles. The molecule has 5 heteroatoms. The predicted octanol–water partition coefficient (Wildman–Crippen LogP) is 5.37. The average Bonchev–Trinajstić information content (AvgIpc) is 3.25. The van der Waals surface area contributed by atoms with Gasteiger partial charge in [-0.2, -0.15) is 5.10 Å². The van der Waals surface area contributed by atoms with Crippen LogP contribution in [-0.4, -0.2) is 22.6 Å². The summed E-state index contributed by atoms with van der Waals surface area (Å²) in [6.07, 6.45) is 0.719. The summed E-state index contributed by atoms with van der Waals surface area (Å²) in [5.74, 6) is -0.113. The van der Waals surface area contributed by atoms with Gasteiger partial charge in [0.25, 0.3) is 5.91 Å². The highest BCUT2D eigenvalue weighted by atomic mass is 35.5. The first-order valence-electron chi connectivity index (χ1n) is 9.43. The lowest BCUT2D eigenvalue weighted by atomic mass is 10.0. The first kappa shape index (κ1) is 19.0. The van der Waals surface area contributed by atoms with E-state index in [0.717, 1.165) is 34.5 Å². The van der Waals surface area contributed by atoms with Crippen LogP contribution in [0.5, 0.6) is 0 Å². The minimum atomic E-state index is -0.113. The molecule has 4 aromatic rings. The molecule has 0 fully saturated rings. The SMILES string of the molecule is O=C(NCCc1cccc(Cl)c1)c1ccccc1-c1cc(-c2ccccc2)n[nH]1. The van der Waals surface area contributed by atoms with Crippen molar-refractivity contribution in [1.29, 1.82) is 0 Å². The standard InChI is InChI=1S/C24H20ClN3O/c25-19-10-6-7-17(15-19)13-14-26-24(29)21-12-5-4-11-20(21)23-16-22(27-28-23)18-8-2-1-3-9-18/h1-12,15-16H,13-14H2,(H,26,29)(H,27,28). The number of carbonyl (C=O) groups is 1. The first-order valence-corrected chi connectivity index (χ1v) is 9.81. The lowest BCUT2D eigenvalue weighted by Gasteiger charge is -2.09. The number of amides is 1. The van der Waals surface area contributed by atoms with Crippen LogP contribution in [0.4, 0.5) is 0 Å². The Morgan fingerprint density at radius 1 is 0.931 bits per heavy atom. The Morgan fingerprint density at radius 3 is 2.55 bits per heavy atom. The third-order valence-corrected chi connectivity index (χ3v) is 4.93. The van der Waals surface area contributed by atoms with E-state index in [1.54, 1.807) is 0 Å². The quantitative estimate of drug-likeness (QED) is 0.456. The number of hydrogen-bond donors (Lipinski definition) is 2. The zero-order valence-electron chi connectivity index (χ0n) is 15.7. The van der Waals surface area contributed by atoms with E-state index in [9.17, 15) is 4.79 Å². The van der Waals surface area contributed by atoms with Crippen LogP contribution in [-0.2, 0) is 6.42 Å². The van der Waals surface area contributed by atoms with Gasteiger partial charge in [-0.3, -0.25) is 9.89 Å². The number of hydrogen-bond acceptors (Lipinski definition) is 2. The van der Waals surface area contributed by atoms with Crippen molar-refractivity contribution >= 4 is 17.5 Å². The fourth-order valence-corrected chi connectivity index (χ4v) is 3.45. The Labute approximate surface area is 174 Å². The number of H-pyrrole nitrogens is 1. The summed E-state index contributed by atoms with van der Waals surface area (Å²) in [7, 11) is 0. The molecule has 1 aromatic heterocycles. The van der Waals surface area contributed by atoms with E-state index < -0.39 is 0 Å². The number of benzene rings is 3. The summed E-state index contributed by atoms with van der Waals surface area (Å²) in [6, 6.07) is 27.1. The minimum Gasteiger partial charge on any atom is -0.352 e. The molecular formula is C24H20ClN3O. The van der Waals surface area contributed by atoms with Crippen molar-refractivity contribution in [3.63, 3.8) is 0 Å². The molecule has 0 aliphatic carbocycles. The Hall–Kier alpha value is -3.37.